The zero-order valence-electron chi connectivity index (χ0n) is 19.7. The van der Waals surface area contributed by atoms with Gasteiger partial charge in [0.15, 0.2) is 0 Å². The van der Waals surface area contributed by atoms with E-state index >= 15 is 0 Å². The molecule has 3 aliphatic rings. The highest BCUT2D eigenvalue weighted by Crippen LogP contribution is 2.38. The first kappa shape index (κ1) is 23.1. The molecule has 2 aromatic rings. The van der Waals surface area contributed by atoms with Crippen LogP contribution < -0.4 is 10.2 Å². The van der Waals surface area contributed by atoms with E-state index in [9.17, 15) is 14.4 Å². The summed E-state index contributed by atoms with van der Waals surface area (Å²) in [5.74, 6) is -0.547. The first-order chi connectivity index (χ1) is 16.3. The maximum absolute atomic E-state index is 13.6. The van der Waals surface area contributed by atoms with Gasteiger partial charge in [-0.25, -0.2) is 0 Å². The maximum Gasteiger partial charge on any atom is 0.263 e. The van der Waals surface area contributed by atoms with E-state index in [4.69, 9.17) is 4.74 Å². The normalized spacial score (nSPS) is 24.3. The van der Waals surface area contributed by atoms with Crippen molar-refractivity contribution in [2.75, 3.05) is 24.6 Å². The van der Waals surface area contributed by atoms with Crippen LogP contribution in [-0.4, -0.2) is 54.0 Å². The van der Waals surface area contributed by atoms with Crippen LogP contribution in [-0.2, 0) is 16.1 Å². The average molecular weight is 482 g/mol. The molecule has 0 spiro atoms. The Balaban J connectivity index is 1.34. The van der Waals surface area contributed by atoms with Gasteiger partial charge in [-0.15, -0.1) is 0 Å². The molecule has 7 nitrogen and oxygen atoms in total. The number of piperidine rings is 1. The minimum Gasteiger partial charge on any atom is -0.375 e. The Morgan fingerprint density at radius 1 is 1.21 bits per heavy atom. The van der Waals surface area contributed by atoms with Crippen molar-refractivity contribution in [2.45, 2.75) is 57.7 Å². The number of nitrogens with one attached hydrogen (secondary N) is 1. The molecule has 3 aliphatic heterocycles. The molecule has 8 heteroatoms. The second-order valence-corrected chi connectivity index (χ2v) is 10.8. The van der Waals surface area contributed by atoms with E-state index in [0.717, 1.165) is 30.6 Å². The summed E-state index contributed by atoms with van der Waals surface area (Å²) in [4.78, 5) is 43.3. The van der Waals surface area contributed by atoms with Crippen molar-refractivity contribution in [3.8, 4) is 0 Å². The van der Waals surface area contributed by atoms with Gasteiger partial charge in [-0.2, -0.15) is 11.3 Å². The first-order valence-electron chi connectivity index (χ1n) is 12.0. The predicted octanol–water partition coefficient (Wildman–Crippen LogP) is 3.83. The first-order valence-corrected chi connectivity index (χ1v) is 13.0. The molecule has 1 aromatic heterocycles. The molecular weight excluding hydrogens is 450 g/mol. The van der Waals surface area contributed by atoms with Crippen LogP contribution in [0.2, 0.25) is 0 Å². The van der Waals surface area contributed by atoms with Crippen LogP contribution in [0, 0.1) is 5.92 Å². The van der Waals surface area contributed by atoms with Crippen LogP contribution in [0.1, 0.15) is 65.8 Å². The van der Waals surface area contributed by atoms with Gasteiger partial charge in [-0.1, -0.05) is 6.07 Å². The van der Waals surface area contributed by atoms with Crippen molar-refractivity contribution >= 4 is 34.7 Å². The SMILES string of the molecule is CC1(C)CC(N2C(=O)c3cccc(N4CCCC(C(=O)NCc5ccsc5)C4)c3C2=O)CCO1. The number of anilines is 1. The van der Waals surface area contributed by atoms with Crippen LogP contribution in [0.25, 0.3) is 0 Å². The highest BCUT2D eigenvalue weighted by atomic mass is 32.1. The number of rotatable bonds is 5. The molecular formula is C26H31N3O4S. The van der Waals surface area contributed by atoms with E-state index in [1.165, 1.54) is 4.90 Å². The maximum atomic E-state index is 13.6. The number of nitrogens with zero attached hydrogens (tertiary/aromatic N) is 2. The summed E-state index contributed by atoms with van der Waals surface area (Å²) < 4.78 is 5.80. The standard InChI is InChI=1S/C26H31N3O4S/c1-26(2)13-19(8-11-33-26)29-24(31)20-6-3-7-21(22(20)25(29)32)28-10-4-5-18(15-28)23(30)27-14-17-9-12-34-16-17/h3,6-7,9,12,16,18-19H,4-5,8,10-11,13-15H2,1-2H3,(H,27,30). The smallest absolute Gasteiger partial charge is 0.263 e. The minimum absolute atomic E-state index is 0.0388. The van der Waals surface area contributed by atoms with Crippen molar-refractivity contribution in [1.82, 2.24) is 10.2 Å². The summed E-state index contributed by atoms with van der Waals surface area (Å²) in [7, 11) is 0. The second-order valence-electron chi connectivity index (χ2n) is 10.1. The van der Waals surface area contributed by atoms with Gasteiger partial charge in [-0.3, -0.25) is 19.3 Å². The van der Waals surface area contributed by atoms with Gasteiger partial charge in [0.05, 0.1) is 28.3 Å². The molecule has 1 aromatic carbocycles. The molecule has 34 heavy (non-hydrogen) atoms. The number of fused-ring (bicyclic) bond motifs is 1. The fourth-order valence-corrected chi connectivity index (χ4v) is 6.11. The van der Waals surface area contributed by atoms with Crippen molar-refractivity contribution in [2.24, 2.45) is 5.92 Å². The zero-order valence-corrected chi connectivity index (χ0v) is 20.5. The third kappa shape index (κ3) is 4.36. The summed E-state index contributed by atoms with van der Waals surface area (Å²) >= 11 is 1.62. The Morgan fingerprint density at radius 3 is 2.82 bits per heavy atom. The molecule has 2 saturated heterocycles. The van der Waals surface area contributed by atoms with Gasteiger partial charge in [0.2, 0.25) is 5.91 Å². The predicted molar refractivity (Wildman–Crippen MR) is 131 cm³/mol. The molecule has 1 N–H and O–H groups in total. The Bertz CT molecular complexity index is 1100. The topological polar surface area (TPSA) is 79.0 Å². The highest BCUT2D eigenvalue weighted by molar-refractivity contribution is 7.07. The lowest BCUT2D eigenvalue weighted by Crippen LogP contribution is -2.48. The van der Waals surface area contributed by atoms with Gasteiger partial charge in [0.25, 0.3) is 11.8 Å². The number of thiophene rings is 1. The molecule has 3 amide bonds. The quantitative estimate of drug-likeness (QED) is 0.657. The largest absolute Gasteiger partial charge is 0.375 e. The van der Waals surface area contributed by atoms with E-state index < -0.39 is 0 Å². The van der Waals surface area contributed by atoms with E-state index in [-0.39, 0.29) is 35.3 Å². The Kier molecular flexibility index (Phi) is 6.20. The molecule has 0 saturated carbocycles. The number of ether oxygens (including phenoxy) is 1. The summed E-state index contributed by atoms with van der Waals surface area (Å²) in [6.07, 6.45) is 2.96. The summed E-state index contributed by atoms with van der Waals surface area (Å²) in [6, 6.07) is 7.35. The Morgan fingerprint density at radius 2 is 2.06 bits per heavy atom. The summed E-state index contributed by atoms with van der Waals surface area (Å²) in [5, 5.41) is 7.09. The van der Waals surface area contributed by atoms with Crippen LogP contribution in [0.3, 0.4) is 0 Å². The molecule has 2 fully saturated rings. The van der Waals surface area contributed by atoms with Crippen molar-refractivity contribution < 1.29 is 19.1 Å². The zero-order chi connectivity index (χ0) is 23.9. The number of amides is 3. The number of hydrogen-bond donors (Lipinski definition) is 1. The fourth-order valence-electron chi connectivity index (χ4n) is 5.44. The number of carbonyl (C=O) groups is 3. The van der Waals surface area contributed by atoms with Crippen LogP contribution in [0.15, 0.2) is 35.0 Å². The van der Waals surface area contributed by atoms with Gasteiger partial charge < -0.3 is 15.0 Å². The molecule has 0 radical (unpaired) electrons. The molecule has 4 heterocycles. The lowest BCUT2D eigenvalue weighted by molar-refractivity contribution is -0.125. The minimum atomic E-state index is -0.364. The van der Waals surface area contributed by atoms with Gasteiger partial charge in [0.1, 0.15) is 0 Å². The highest BCUT2D eigenvalue weighted by Gasteiger charge is 2.45. The molecule has 5 rings (SSSR count). The summed E-state index contributed by atoms with van der Waals surface area (Å²) in [6.45, 7) is 6.36. The Hall–Kier alpha value is -2.71. The molecule has 0 bridgehead atoms. The monoisotopic (exact) mass is 481 g/mol. The second kappa shape index (κ2) is 9.15. The molecule has 2 atom stereocenters. The third-order valence-corrected chi connectivity index (χ3v) is 7.87. The Labute approximate surface area is 204 Å². The van der Waals surface area contributed by atoms with Crippen LogP contribution in [0.4, 0.5) is 5.69 Å². The van der Waals surface area contributed by atoms with Crippen molar-refractivity contribution in [1.29, 1.82) is 0 Å². The van der Waals surface area contributed by atoms with E-state index in [1.807, 2.05) is 42.8 Å². The third-order valence-electron chi connectivity index (χ3n) is 7.14. The lowest BCUT2D eigenvalue weighted by Gasteiger charge is -2.39. The number of imide groups is 1. The molecule has 0 aliphatic carbocycles. The lowest BCUT2D eigenvalue weighted by atomic mass is 9.93. The van der Waals surface area contributed by atoms with E-state index in [0.29, 0.717) is 43.7 Å². The van der Waals surface area contributed by atoms with Gasteiger partial charge in [-0.05, 0) is 74.1 Å². The van der Waals surface area contributed by atoms with Gasteiger partial charge in [0, 0.05) is 32.3 Å². The summed E-state index contributed by atoms with van der Waals surface area (Å²) in [5.41, 5.74) is 2.46. The van der Waals surface area contributed by atoms with E-state index in [1.54, 1.807) is 17.4 Å². The number of hydrogen-bond acceptors (Lipinski definition) is 6. The van der Waals surface area contributed by atoms with Crippen LogP contribution in [0.5, 0.6) is 0 Å². The fraction of sp³-hybridized carbons (Fsp3) is 0.500. The molecule has 180 valence electrons. The molecule has 2 unspecified atom stereocenters. The van der Waals surface area contributed by atoms with Crippen molar-refractivity contribution in [3.63, 3.8) is 0 Å². The van der Waals surface area contributed by atoms with Crippen LogP contribution >= 0.6 is 11.3 Å². The number of benzene rings is 1. The number of carbonyl (C=O) groups excluding carboxylic acids is 3. The van der Waals surface area contributed by atoms with E-state index in [2.05, 4.69) is 10.2 Å². The van der Waals surface area contributed by atoms with Crippen molar-refractivity contribution in [3.05, 3.63) is 51.7 Å². The average Bonchev–Trinajstić information content (AvgIpc) is 3.43. The van der Waals surface area contributed by atoms with Gasteiger partial charge >= 0.3 is 0 Å².